The lowest BCUT2D eigenvalue weighted by atomic mass is 9.96. The Morgan fingerprint density at radius 1 is 1.33 bits per heavy atom. The van der Waals surface area contributed by atoms with Gasteiger partial charge in [0.05, 0.1) is 5.56 Å². The summed E-state index contributed by atoms with van der Waals surface area (Å²) in [6.45, 7) is 5.57. The molecular formula is C13H16ClF2NO. The zero-order valence-electron chi connectivity index (χ0n) is 10.6. The maximum Gasteiger partial charge on any atom is 0.254 e. The average molecular weight is 276 g/mol. The molecule has 0 saturated heterocycles. The number of rotatable bonds is 4. The van der Waals surface area contributed by atoms with Crippen LogP contribution < -0.4 is 5.32 Å². The third-order valence-corrected chi connectivity index (χ3v) is 3.31. The number of carbonyl (C=O) groups excluding carboxylic acids is 1. The van der Waals surface area contributed by atoms with Crippen molar-refractivity contribution < 1.29 is 13.6 Å². The van der Waals surface area contributed by atoms with Gasteiger partial charge in [-0.3, -0.25) is 4.79 Å². The van der Waals surface area contributed by atoms with E-state index in [1.165, 1.54) is 13.0 Å². The largest absolute Gasteiger partial charge is 0.351 e. The standard InChI is InChI=1S/C13H16ClF2NO/c1-8-4-9(11(16)5-10(8)15)12(18)17-7-13(2,3)6-14/h4-5H,6-7H2,1-3H3,(H,17,18). The zero-order chi connectivity index (χ0) is 13.9. The van der Waals surface area contributed by atoms with Crippen LogP contribution in [0.1, 0.15) is 29.8 Å². The van der Waals surface area contributed by atoms with Crippen LogP contribution in [0.25, 0.3) is 0 Å². The first kappa shape index (κ1) is 14.9. The lowest BCUT2D eigenvalue weighted by Crippen LogP contribution is -2.35. The van der Waals surface area contributed by atoms with Gasteiger partial charge < -0.3 is 5.32 Å². The SMILES string of the molecule is Cc1cc(C(=O)NCC(C)(C)CCl)c(F)cc1F. The Bertz CT molecular complexity index is 461. The van der Waals surface area contributed by atoms with Crippen LogP contribution in [0, 0.1) is 24.0 Å². The van der Waals surface area contributed by atoms with Crippen molar-refractivity contribution in [1.29, 1.82) is 0 Å². The van der Waals surface area contributed by atoms with E-state index in [0.717, 1.165) is 6.07 Å². The Morgan fingerprint density at radius 3 is 2.50 bits per heavy atom. The van der Waals surface area contributed by atoms with Gasteiger partial charge in [0.15, 0.2) is 0 Å². The van der Waals surface area contributed by atoms with Crippen LogP contribution in [0.3, 0.4) is 0 Å². The minimum Gasteiger partial charge on any atom is -0.351 e. The highest BCUT2D eigenvalue weighted by atomic mass is 35.5. The maximum atomic E-state index is 13.5. The predicted molar refractivity (Wildman–Crippen MR) is 67.9 cm³/mol. The van der Waals surface area contributed by atoms with Gasteiger partial charge >= 0.3 is 0 Å². The first-order valence-electron chi connectivity index (χ1n) is 5.56. The number of benzene rings is 1. The van der Waals surface area contributed by atoms with Crippen molar-refractivity contribution in [1.82, 2.24) is 5.32 Å². The van der Waals surface area contributed by atoms with E-state index in [0.29, 0.717) is 12.4 Å². The molecule has 0 atom stereocenters. The molecule has 0 aromatic heterocycles. The van der Waals surface area contributed by atoms with Gasteiger partial charge in [0.25, 0.3) is 5.91 Å². The first-order chi connectivity index (χ1) is 8.26. The Morgan fingerprint density at radius 2 is 1.94 bits per heavy atom. The number of hydrogen-bond donors (Lipinski definition) is 1. The van der Waals surface area contributed by atoms with Gasteiger partial charge in [-0.15, -0.1) is 11.6 Å². The van der Waals surface area contributed by atoms with E-state index in [4.69, 9.17) is 11.6 Å². The number of hydrogen-bond acceptors (Lipinski definition) is 1. The van der Waals surface area contributed by atoms with E-state index < -0.39 is 17.5 Å². The number of halogens is 3. The van der Waals surface area contributed by atoms with Crippen LogP contribution in [-0.2, 0) is 0 Å². The highest BCUT2D eigenvalue weighted by Gasteiger charge is 2.20. The van der Waals surface area contributed by atoms with Crippen LogP contribution in [0.4, 0.5) is 8.78 Å². The molecule has 1 aromatic carbocycles. The van der Waals surface area contributed by atoms with Gasteiger partial charge in [-0.2, -0.15) is 0 Å². The van der Waals surface area contributed by atoms with Crippen molar-refractivity contribution in [3.8, 4) is 0 Å². The van der Waals surface area contributed by atoms with E-state index in [-0.39, 0.29) is 16.5 Å². The Balaban J connectivity index is 2.82. The molecule has 1 N–H and O–H groups in total. The van der Waals surface area contributed by atoms with Crippen LogP contribution in [0.15, 0.2) is 12.1 Å². The van der Waals surface area contributed by atoms with Gasteiger partial charge in [-0.25, -0.2) is 8.78 Å². The fraction of sp³-hybridized carbons (Fsp3) is 0.462. The van der Waals surface area contributed by atoms with Crippen molar-refractivity contribution in [3.63, 3.8) is 0 Å². The quantitative estimate of drug-likeness (QED) is 0.840. The second kappa shape index (κ2) is 5.65. The van der Waals surface area contributed by atoms with E-state index in [2.05, 4.69) is 5.32 Å². The fourth-order valence-corrected chi connectivity index (χ4v) is 1.39. The normalized spacial score (nSPS) is 11.4. The zero-order valence-corrected chi connectivity index (χ0v) is 11.4. The van der Waals surface area contributed by atoms with E-state index in [1.54, 1.807) is 0 Å². The van der Waals surface area contributed by atoms with E-state index in [1.807, 2.05) is 13.8 Å². The molecule has 0 saturated carbocycles. The molecule has 0 bridgehead atoms. The summed E-state index contributed by atoms with van der Waals surface area (Å²) in [5.74, 6) is -1.71. The fourth-order valence-electron chi connectivity index (χ4n) is 1.29. The second-order valence-corrected chi connectivity index (χ2v) is 5.33. The summed E-state index contributed by atoms with van der Waals surface area (Å²) in [4.78, 5) is 11.8. The maximum absolute atomic E-state index is 13.5. The molecule has 0 heterocycles. The number of carbonyl (C=O) groups is 1. The van der Waals surface area contributed by atoms with Crippen molar-refractivity contribution in [3.05, 3.63) is 34.9 Å². The number of alkyl halides is 1. The lowest BCUT2D eigenvalue weighted by molar-refractivity contribution is 0.0935. The van der Waals surface area contributed by atoms with Gasteiger partial charge in [-0.1, -0.05) is 13.8 Å². The molecule has 0 aliphatic rings. The molecular weight excluding hydrogens is 260 g/mol. The summed E-state index contributed by atoms with van der Waals surface area (Å²) in [7, 11) is 0. The van der Waals surface area contributed by atoms with Gasteiger partial charge in [0, 0.05) is 18.5 Å². The van der Waals surface area contributed by atoms with Crippen LogP contribution >= 0.6 is 11.6 Å². The number of aryl methyl sites for hydroxylation is 1. The highest BCUT2D eigenvalue weighted by Crippen LogP contribution is 2.17. The topological polar surface area (TPSA) is 29.1 Å². The van der Waals surface area contributed by atoms with Gasteiger partial charge in [0.1, 0.15) is 11.6 Å². The summed E-state index contributed by atoms with van der Waals surface area (Å²) >= 11 is 5.72. The third-order valence-electron chi connectivity index (χ3n) is 2.58. The average Bonchev–Trinajstić information content (AvgIpc) is 2.31. The summed E-state index contributed by atoms with van der Waals surface area (Å²) < 4.78 is 26.5. The van der Waals surface area contributed by atoms with Crippen molar-refractivity contribution in [2.75, 3.05) is 12.4 Å². The highest BCUT2D eigenvalue weighted by molar-refractivity contribution is 6.18. The molecule has 1 amide bonds. The minimum absolute atomic E-state index is 0.153. The predicted octanol–water partition coefficient (Wildman–Crippen LogP) is 3.27. The van der Waals surface area contributed by atoms with Crippen LogP contribution in [0.2, 0.25) is 0 Å². The smallest absolute Gasteiger partial charge is 0.254 e. The summed E-state index contributed by atoms with van der Waals surface area (Å²) in [5, 5.41) is 2.59. The molecule has 5 heteroatoms. The summed E-state index contributed by atoms with van der Waals surface area (Å²) in [6, 6.07) is 1.92. The lowest BCUT2D eigenvalue weighted by Gasteiger charge is -2.21. The Hall–Kier alpha value is -1.16. The monoisotopic (exact) mass is 275 g/mol. The van der Waals surface area contributed by atoms with Crippen molar-refractivity contribution in [2.24, 2.45) is 5.41 Å². The molecule has 2 nitrogen and oxygen atoms in total. The molecule has 1 rings (SSSR count). The van der Waals surface area contributed by atoms with Crippen molar-refractivity contribution in [2.45, 2.75) is 20.8 Å². The summed E-state index contributed by atoms with van der Waals surface area (Å²) in [5.41, 5.74) is -0.194. The van der Waals surface area contributed by atoms with Crippen LogP contribution in [-0.4, -0.2) is 18.3 Å². The molecule has 0 aliphatic carbocycles. The summed E-state index contributed by atoms with van der Waals surface area (Å²) in [6.07, 6.45) is 0. The van der Waals surface area contributed by atoms with Gasteiger partial charge in [-0.05, 0) is 24.0 Å². The molecule has 0 radical (unpaired) electrons. The molecule has 0 aliphatic heterocycles. The van der Waals surface area contributed by atoms with Gasteiger partial charge in [0.2, 0.25) is 0 Å². The molecule has 0 unspecified atom stereocenters. The minimum atomic E-state index is -0.862. The molecule has 1 aromatic rings. The Labute approximate surface area is 110 Å². The third kappa shape index (κ3) is 3.67. The second-order valence-electron chi connectivity index (χ2n) is 5.06. The number of nitrogens with one attached hydrogen (secondary N) is 1. The molecule has 0 fully saturated rings. The van der Waals surface area contributed by atoms with Crippen molar-refractivity contribution >= 4 is 17.5 Å². The molecule has 18 heavy (non-hydrogen) atoms. The van der Waals surface area contributed by atoms with E-state index >= 15 is 0 Å². The molecule has 100 valence electrons. The number of amides is 1. The first-order valence-corrected chi connectivity index (χ1v) is 6.10. The Kier molecular flexibility index (Phi) is 4.68. The molecule has 0 spiro atoms. The van der Waals surface area contributed by atoms with Crippen LogP contribution in [0.5, 0.6) is 0 Å². The van der Waals surface area contributed by atoms with E-state index in [9.17, 15) is 13.6 Å².